The van der Waals surface area contributed by atoms with Crippen molar-refractivity contribution in [2.24, 2.45) is 5.73 Å². The van der Waals surface area contributed by atoms with E-state index in [-0.39, 0.29) is 29.8 Å². The quantitative estimate of drug-likeness (QED) is 0.571. The molecule has 0 aliphatic carbocycles. The molecule has 0 unspecified atom stereocenters. The number of methoxy groups -OCH3 is 1. The average Bonchev–Trinajstić information content (AvgIpc) is 2.45. The number of halogens is 1. The predicted molar refractivity (Wildman–Crippen MR) is 86.3 cm³/mol. The highest BCUT2D eigenvalue weighted by Crippen LogP contribution is 2.10. The SMILES string of the molecule is COCCNS(=O)(=O)c1ccc(CNC(=O)[C@H](C)N)cc1.Cl. The molecule has 22 heavy (non-hydrogen) atoms. The number of rotatable bonds is 8. The topological polar surface area (TPSA) is 111 Å². The molecule has 9 heteroatoms. The standard InChI is InChI=1S/C13H21N3O4S.ClH/c1-10(14)13(17)15-9-11-3-5-12(6-4-11)21(18,19)16-7-8-20-2;/h3-6,10,16H,7-9,14H2,1-2H3,(H,15,17);1H/t10-;/m0./s1. The van der Waals surface area contributed by atoms with Crippen LogP contribution < -0.4 is 15.8 Å². The molecule has 1 amide bonds. The van der Waals surface area contributed by atoms with E-state index in [1.807, 2.05) is 0 Å². The second kappa shape index (κ2) is 9.75. The van der Waals surface area contributed by atoms with Crippen molar-refractivity contribution in [1.82, 2.24) is 10.0 Å². The molecule has 0 spiro atoms. The molecule has 1 rings (SSSR count). The predicted octanol–water partition coefficient (Wildman–Crippen LogP) is -0.00350. The molecule has 0 bridgehead atoms. The van der Waals surface area contributed by atoms with E-state index >= 15 is 0 Å². The first-order valence-corrected chi connectivity index (χ1v) is 7.96. The highest BCUT2D eigenvalue weighted by molar-refractivity contribution is 7.89. The van der Waals surface area contributed by atoms with Gasteiger partial charge in [0.15, 0.2) is 0 Å². The molecule has 1 aromatic carbocycles. The van der Waals surface area contributed by atoms with Crippen LogP contribution in [0.15, 0.2) is 29.2 Å². The van der Waals surface area contributed by atoms with Gasteiger partial charge in [0.1, 0.15) is 0 Å². The smallest absolute Gasteiger partial charge is 0.240 e. The molecule has 0 aliphatic heterocycles. The van der Waals surface area contributed by atoms with Gasteiger partial charge in [-0.05, 0) is 24.6 Å². The van der Waals surface area contributed by atoms with Gasteiger partial charge in [-0.2, -0.15) is 0 Å². The van der Waals surface area contributed by atoms with Gasteiger partial charge in [-0.1, -0.05) is 12.1 Å². The van der Waals surface area contributed by atoms with Crippen LogP contribution >= 0.6 is 12.4 Å². The number of nitrogens with one attached hydrogen (secondary N) is 2. The van der Waals surface area contributed by atoms with Crippen LogP contribution in [0.3, 0.4) is 0 Å². The van der Waals surface area contributed by atoms with Crippen molar-refractivity contribution in [3.05, 3.63) is 29.8 Å². The monoisotopic (exact) mass is 351 g/mol. The normalized spacial score (nSPS) is 12.3. The summed E-state index contributed by atoms with van der Waals surface area (Å²) in [6.07, 6.45) is 0. The summed E-state index contributed by atoms with van der Waals surface area (Å²) in [7, 11) is -2.03. The van der Waals surface area contributed by atoms with Gasteiger partial charge in [-0.15, -0.1) is 12.4 Å². The number of hydrogen-bond donors (Lipinski definition) is 3. The fraction of sp³-hybridized carbons (Fsp3) is 0.462. The van der Waals surface area contributed by atoms with Crippen LogP contribution in [0.1, 0.15) is 12.5 Å². The minimum atomic E-state index is -3.53. The maximum Gasteiger partial charge on any atom is 0.240 e. The summed E-state index contributed by atoms with van der Waals surface area (Å²) in [4.78, 5) is 11.5. The van der Waals surface area contributed by atoms with Crippen molar-refractivity contribution >= 4 is 28.3 Å². The van der Waals surface area contributed by atoms with Gasteiger partial charge in [0.2, 0.25) is 15.9 Å². The van der Waals surface area contributed by atoms with Crippen LogP contribution in [-0.4, -0.2) is 40.6 Å². The largest absolute Gasteiger partial charge is 0.383 e. The lowest BCUT2D eigenvalue weighted by Crippen LogP contribution is -2.37. The molecule has 7 nitrogen and oxygen atoms in total. The van der Waals surface area contributed by atoms with E-state index in [1.54, 1.807) is 19.1 Å². The fourth-order valence-electron chi connectivity index (χ4n) is 1.50. The van der Waals surface area contributed by atoms with Gasteiger partial charge in [-0.3, -0.25) is 4.79 Å². The zero-order chi connectivity index (χ0) is 15.9. The Hall–Kier alpha value is -1.19. The van der Waals surface area contributed by atoms with E-state index in [4.69, 9.17) is 10.5 Å². The Morgan fingerprint density at radius 2 is 1.91 bits per heavy atom. The Balaban J connectivity index is 0.00000441. The molecular weight excluding hydrogens is 330 g/mol. The highest BCUT2D eigenvalue weighted by Gasteiger charge is 2.13. The van der Waals surface area contributed by atoms with E-state index in [0.29, 0.717) is 13.2 Å². The van der Waals surface area contributed by atoms with Gasteiger partial charge >= 0.3 is 0 Å². The van der Waals surface area contributed by atoms with Crippen LogP contribution in [-0.2, 0) is 26.1 Å². The van der Waals surface area contributed by atoms with Crippen molar-refractivity contribution in [2.75, 3.05) is 20.3 Å². The molecule has 126 valence electrons. The summed E-state index contributed by atoms with van der Waals surface area (Å²) in [5, 5.41) is 2.65. The third kappa shape index (κ3) is 6.71. The van der Waals surface area contributed by atoms with Gasteiger partial charge in [0.05, 0.1) is 17.5 Å². The van der Waals surface area contributed by atoms with Gasteiger partial charge < -0.3 is 15.8 Å². The average molecular weight is 352 g/mol. The second-order valence-corrected chi connectivity index (χ2v) is 6.31. The maximum absolute atomic E-state index is 11.9. The Morgan fingerprint density at radius 1 is 1.32 bits per heavy atom. The molecule has 0 aliphatic rings. The van der Waals surface area contributed by atoms with E-state index in [9.17, 15) is 13.2 Å². The van der Waals surface area contributed by atoms with Crippen LogP contribution in [0, 0.1) is 0 Å². The molecule has 4 N–H and O–H groups in total. The van der Waals surface area contributed by atoms with E-state index in [2.05, 4.69) is 10.0 Å². The zero-order valence-electron chi connectivity index (χ0n) is 12.5. The lowest BCUT2D eigenvalue weighted by atomic mass is 10.2. The molecule has 0 saturated carbocycles. The number of carbonyl (C=O) groups is 1. The number of hydrogen-bond acceptors (Lipinski definition) is 5. The lowest BCUT2D eigenvalue weighted by molar-refractivity contribution is -0.122. The summed E-state index contributed by atoms with van der Waals surface area (Å²) < 4.78 is 31.1. The molecule has 0 fully saturated rings. The van der Waals surface area contributed by atoms with E-state index < -0.39 is 16.1 Å². The minimum Gasteiger partial charge on any atom is -0.383 e. The molecule has 1 aromatic rings. The number of nitrogens with two attached hydrogens (primary N) is 1. The van der Waals surface area contributed by atoms with Crippen molar-refractivity contribution in [3.8, 4) is 0 Å². The summed E-state index contributed by atoms with van der Waals surface area (Å²) >= 11 is 0. The van der Waals surface area contributed by atoms with Crippen LogP contribution in [0.25, 0.3) is 0 Å². The number of ether oxygens (including phenoxy) is 1. The molecule has 0 radical (unpaired) electrons. The molecule has 1 atom stereocenters. The Morgan fingerprint density at radius 3 is 2.41 bits per heavy atom. The molecular formula is C13H22ClN3O4S. The third-order valence-corrected chi connectivity index (χ3v) is 4.19. The van der Waals surface area contributed by atoms with Crippen molar-refractivity contribution in [3.63, 3.8) is 0 Å². The third-order valence-electron chi connectivity index (χ3n) is 2.71. The zero-order valence-corrected chi connectivity index (χ0v) is 14.2. The number of benzene rings is 1. The van der Waals surface area contributed by atoms with Gasteiger partial charge in [0, 0.05) is 20.2 Å². The second-order valence-electron chi connectivity index (χ2n) is 4.54. The number of amides is 1. The highest BCUT2D eigenvalue weighted by atomic mass is 35.5. The van der Waals surface area contributed by atoms with Crippen molar-refractivity contribution in [1.29, 1.82) is 0 Å². The van der Waals surface area contributed by atoms with Crippen LogP contribution in [0.4, 0.5) is 0 Å². The number of carbonyl (C=O) groups excluding carboxylic acids is 1. The van der Waals surface area contributed by atoms with Crippen molar-refractivity contribution < 1.29 is 17.9 Å². The van der Waals surface area contributed by atoms with E-state index in [1.165, 1.54) is 19.2 Å². The maximum atomic E-state index is 11.9. The molecule has 0 heterocycles. The first-order chi connectivity index (χ1) is 9.86. The first-order valence-electron chi connectivity index (χ1n) is 6.47. The lowest BCUT2D eigenvalue weighted by Gasteiger charge is -2.09. The number of sulfonamides is 1. The van der Waals surface area contributed by atoms with Gasteiger partial charge in [0.25, 0.3) is 0 Å². The summed E-state index contributed by atoms with van der Waals surface area (Å²) in [5.41, 5.74) is 6.22. The van der Waals surface area contributed by atoms with Gasteiger partial charge in [-0.25, -0.2) is 13.1 Å². The minimum absolute atomic E-state index is 0. The Kier molecular flexibility index (Phi) is 9.22. The molecule has 0 aromatic heterocycles. The summed E-state index contributed by atoms with van der Waals surface area (Å²) in [6, 6.07) is 5.69. The van der Waals surface area contributed by atoms with Crippen LogP contribution in [0.5, 0.6) is 0 Å². The van der Waals surface area contributed by atoms with E-state index in [0.717, 1.165) is 5.56 Å². The Bertz CT molecular complexity index is 561. The fourth-order valence-corrected chi connectivity index (χ4v) is 2.51. The van der Waals surface area contributed by atoms with Crippen LogP contribution in [0.2, 0.25) is 0 Å². The first kappa shape index (κ1) is 20.8. The summed E-state index contributed by atoms with van der Waals surface area (Å²) in [5.74, 6) is -0.257. The molecule has 0 saturated heterocycles. The summed E-state index contributed by atoms with van der Waals surface area (Å²) in [6.45, 7) is 2.42. The van der Waals surface area contributed by atoms with Crippen molar-refractivity contribution in [2.45, 2.75) is 24.4 Å². The Labute approximate surface area is 137 Å².